The molecule has 0 radical (unpaired) electrons. The van der Waals surface area contributed by atoms with E-state index in [1.807, 2.05) is 13.8 Å². The predicted octanol–water partition coefficient (Wildman–Crippen LogP) is 2.24. The lowest BCUT2D eigenvalue weighted by molar-refractivity contribution is 0.387. The zero-order valence-electron chi connectivity index (χ0n) is 11.0. The Kier molecular flexibility index (Phi) is 3.67. The normalized spacial score (nSPS) is 12.3. The number of oxazole rings is 1. The van der Waals surface area contributed by atoms with Crippen molar-refractivity contribution in [3.8, 4) is 11.5 Å². The molecule has 104 valence electrons. The third-order valence-corrected chi connectivity index (χ3v) is 3.55. The van der Waals surface area contributed by atoms with Crippen LogP contribution in [0.5, 0.6) is 0 Å². The van der Waals surface area contributed by atoms with Gasteiger partial charge >= 0.3 is 7.60 Å². The summed E-state index contributed by atoms with van der Waals surface area (Å²) < 4.78 is 22.1. The minimum atomic E-state index is -4.39. The number of furan rings is 1. The summed E-state index contributed by atoms with van der Waals surface area (Å²) in [6, 6.07) is 1.26. The van der Waals surface area contributed by atoms with Crippen LogP contribution < -0.4 is 5.30 Å². The summed E-state index contributed by atoms with van der Waals surface area (Å²) in [5, 5.41) is -0.161. The Hall–Kier alpha value is -1.36. The van der Waals surface area contributed by atoms with Crippen molar-refractivity contribution in [1.82, 2.24) is 4.98 Å². The molecular weight excluding hydrogens is 269 g/mol. The largest absolute Gasteiger partial charge is 0.462 e. The summed E-state index contributed by atoms with van der Waals surface area (Å²) in [5.41, 5.74) is 0.370. The molecule has 0 aliphatic heterocycles. The molecule has 0 fully saturated rings. The van der Waals surface area contributed by atoms with Crippen LogP contribution in [0.4, 0.5) is 0 Å². The highest BCUT2D eigenvalue weighted by molar-refractivity contribution is 7.60. The van der Waals surface area contributed by atoms with Crippen molar-refractivity contribution in [2.24, 2.45) is 5.92 Å². The molecule has 0 spiro atoms. The van der Waals surface area contributed by atoms with Gasteiger partial charge in [0.2, 0.25) is 0 Å². The van der Waals surface area contributed by atoms with Gasteiger partial charge in [-0.3, -0.25) is 4.57 Å². The Labute approximate surface area is 110 Å². The first-order valence-electron chi connectivity index (χ1n) is 5.89. The topological polar surface area (TPSA) is 96.7 Å². The van der Waals surface area contributed by atoms with Crippen LogP contribution >= 0.6 is 7.60 Å². The molecule has 2 aromatic heterocycles. The molecule has 2 rings (SSSR count). The quantitative estimate of drug-likeness (QED) is 0.836. The van der Waals surface area contributed by atoms with Crippen LogP contribution in [0.3, 0.4) is 0 Å². The molecule has 0 aromatic carbocycles. The summed E-state index contributed by atoms with van der Waals surface area (Å²) in [6.07, 6.45) is 1.87. The van der Waals surface area contributed by atoms with Crippen molar-refractivity contribution in [2.75, 3.05) is 0 Å². The van der Waals surface area contributed by atoms with Crippen molar-refractivity contribution in [3.05, 3.63) is 24.0 Å². The van der Waals surface area contributed by atoms with E-state index in [1.165, 1.54) is 12.3 Å². The number of aromatic nitrogens is 1. The molecule has 2 N–H and O–H groups in total. The molecule has 6 nitrogen and oxygen atoms in total. The Morgan fingerprint density at radius 2 is 2.11 bits per heavy atom. The summed E-state index contributed by atoms with van der Waals surface area (Å²) in [7, 11) is -4.39. The second-order valence-electron chi connectivity index (χ2n) is 4.78. The van der Waals surface area contributed by atoms with Gasteiger partial charge in [0.15, 0.2) is 11.7 Å². The van der Waals surface area contributed by atoms with Crippen LogP contribution in [0.15, 0.2) is 21.2 Å². The third kappa shape index (κ3) is 2.97. The molecular formula is C12H16NO5P. The molecule has 0 saturated heterocycles. The van der Waals surface area contributed by atoms with Gasteiger partial charge in [0.05, 0.1) is 6.26 Å². The summed E-state index contributed by atoms with van der Waals surface area (Å²) >= 11 is 0. The number of nitrogens with zero attached hydrogens (tertiary/aromatic N) is 1. The molecule has 0 amide bonds. The van der Waals surface area contributed by atoms with E-state index in [-0.39, 0.29) is 11.1 Å². The van der Waals surface area contributed by atoms with Gasteiger partial charge in [-0.15, -0.1) is 0 Å². The van der Waals surface area contributed by atoms with E-state index in [1.54, 1.807) is 6.92 Å². The predicted molar refractivity (Wildman–Crippen MR) is 69.2 cm³/mol. The Morgan fingerprint density at radius 3 is 2.68 bits per heavy atom. The fourth-order valence-corrected chi connectivity index (χ4v) is 2.54. The van der Waals surface area contributed by atoms with Crippen molar-refractivity contribution >= 4 is 12.9 Å². The van der Waals surface area contributed by atoms with E-state index in [2.05, 4.69) is 4.98 Å². The van der Waals surface area contributed by atoms with Crippen molar-refractivity contribution in [2.45, 2.75) is 27.2 Å². The number of hydrogen-bond donors (Lipinski definition) is 2. The number of hydrogen-bond acceptors (Lipinski definition) is 4. The van der Waals surface area contributed by atoms with Crippen LogP contribution in [0, 0.1) is 12.8 Å². The minimum Gasteiger partial charge on any atom is -0.462 e. The SMILES string of the molecule is Cc1nc(-c2occc2P(=O)(O)O)c(CC(C)C)o1. The van der Waals surface area contributed by atoms with Crippen molar-refractivity contribution < 1.29 is 23.2 Å². The van der Waals surface area contributed by atoms with Crippen LogP contribution in [0.2, 0.25) is 0 Å². The lowest BCUT2D eigenvalue weighted by Gasteiger charge is -2.05. The van der Waals surface area contributed by atoms with E-state index in [0.717, 1.165) is 0 Å². The molecule has 0 atom stereocenters. The Balaban J connectivity index is 2.54. The second kappa shape index (κ2) is 4.96. The molecule has 0 unspecified atom stereocenters. The maximum atomic E-state index is 11.4. The standard InChI is InChI=1S/C12H16NO5P/c1-7(2)6-9-11(13-8(3)18-9)12-10(4-5-17-12)19(14,15)16/h4-5,7H,6H2,1-3H3,(H2,14,15,16). The summed E-state index contributed by atoms with van der Waals surface area (Å²) in [4.78, 5) is 22.8. The highest BCUT2D eigenvalue weighted by Gasteiger charge is 2.29. The van der Waals surface area contributed by atoms with Crippen LogP contribution in [-0.4, -0.2) is 14.8 Å². The van der Waals surface area contributed by atoms with Crippen LogP contribution in [-0.2, 0) is 11.0 Å². The average molecular weight is 285 g/mol. The molecule has 19 heavy (non-hydrogen) atoms. The smallest absolute Gasteiger partial charge is 0.360 e. The van der Waals surface area contributed by atoms with Gasteiger partial charge in [-0.25, -0.2) is 4.98 Å². The number of rotatable bonds is 4. The maximum Gasteiger partial charge on any atom is 0.360 e. The molecule has 0 aliphatic carbocycles. The Morgan fingerprint density at radius 1 is 1.42 bits per heavy atom. The highest BCUT2D eigenvalue weighted by Crippen LogP contribution is 2.39. The van der Waals surface area contributed by atoms with E-state index >= 15 is 0 Å². The van der Waals surface area contributed by atoms with E-state index in [4.69, 9.17) is 8.83 Å². The van der Waals surface area contributed by atoms with E-state index < -0.39 is 7.60 Å². The molecule has 2 heterocycles. The van der Waals surface area contributed by atoms with E-state index in [9.17, 15) is 14.4 Å². The average Bonchev–Trinajstić information content (AvgIpc) is 2.82. The van der Waals surface area contributed by atoms with Gasteiger partial charge in [-0.2, -0.15) is 0 Å². The van der Waals surface area contributed by atoms with Crippen molar-refractivity contribution in [3.63, 3.8) is 0 Å². The summed E-state index contributed by atoms with van der Waals surface area (Å²) in [5.74, 6) is 1.44. The zero-order chi connectivity index (χ0) is 14.2. The van der Waals surface area contributed by atoms with Crippen LogP contribution in [0.1, 0.15) is 25.5 Å². The minimum absolute atomic E-state index is 0.0841. The van der Waals surface area contributed by atoms with Crippen LogP contribution in [0.25, 0.3) is 11.5 Å². The molecule has 0 aliphatic rings. The highest BCUT2D eigenvalue weighted by atomic mass is 31.2. The zero-order valence-corrected chi connectivity index (χ0v) is 11.8. The lowest BCUT2D eigenvalue weighted by Crippen LogP contribution is -2.05. The van der Waals surface area contributed by atoms with Gasteiger partial charge < -0.3 is 18.6 Å². The van der Waals surface area contributed by atoms with Gasteiger partial charge in [-0.05, 0) is 12.0 Å². The van der Waals surface area contributed by atoms with Gasteiger partial charge in [0, 0.05) is 13.3 Å². The molecule has 7 heteroatoms. The molecule has 0 saturated carbocycles. The molecule has 2 aromatic rings. The maximum absolute atomic E-state index is 11.4. The Bertz CT molecular complexity index is 622. The first kappa shape index (κ1) is 14.1. The monoisotopic (exact) mass is 285 g/mol. The molecule has 0 bridgehead atoms. The first-order valence-corrected chi connectivity index (χ1v) is 7.50. The number of aryl methyl sites for hydroxylation is 1. The second-order valence-corrected chi connectivity index (χ2v) is 6.35. The fraction of sp³-hybridized carbons (Fsp3) is 0.417. The summed E-state index contributed by atoms with van der Waals surface area (Å²) in [6.45, 7) is 5.73. The van der Waals surface area contributed by atoms with Gasteiger partial charge in [0.25, 0.3) is 0 Å². The van der Waals surface area contributed by atoms with Gasteiger partial charge in [-0.1, -0.05) is 13.8 Å². The van der Waals surface area contributed by atoms with Gasteiger partial charge in [0.1, 0.15) is 16.8 Å². The fourth-order valence-electron chi connectivity index (χ4n) is 1.86. The lowest BCUT2D eigenvalue weighted by atomic mass is 10.1. The third-order valence-electron chi connectivity index (χ3n) is 2.57. The van der Waals surface area contributed by atoms with E-state index in [0.29, 0.717) is 29.7 Å². The first-order chi connectivity index (χ1) is 8.79. The van der Waals surface area contributed by atoms with Crippen molar-refractivity contribution in [1.29, 1.82) is 0 Å².